The zero-order valence-electron chi connectivity index (χ0n) is 10.3. The van der Waals surface area contributed by atoms with E-state index in [1.54, 1.807) is 0 Å². The van der Waals surface area contributed by atoms with Crippen molar-refractivity contribution < 1.29 is 9.53 Å². The van der Waals surface area contributed by atoms with Crippen molar-refractivity contribution in [2.24, 2.45) is 5.92 Å². The monoisotopic (exact) mass is 240 g/mol. The fourth-order valence-corrected chi connectivity index (χ4v) is 2.49. The Morgan fingerprint density at radius 2 is 2.00 bits per heavy atom. The van der Waals surface area contributed by atoms with E-state index in [-0.39, 0.29) is 5.78 Å². The molecule has 1 aliphatic heterocycles. The fourth-order valence-electron chi connectivity index (χ4n) is 2.49. The second kappa shape index (κ2) is 4.91. The van der Waals surface area contributed by atoms with Crippen LogP contribution in [-0.4, -0.2) is 19.0 Å². The standard InChI is InChI=1S/C16H16O2/c17-16(9-12-7-8-18-11-12)15-6-5-13-3-1-2-4-14(13)10-15/h1-6,10,12H,7-9,11H2. The third kappa shape index (κ3) is 2.29. The molecule has 0 spiro atoms. The van der Waals surface area contributed by atoms with Crippen molar-refractivity contribution in [1.82, 2.24) is 0 Å². The van der Waals surface area contributed by atoms with E-state index in [0.717, 1.165) is 30.6 Å². The smallest absolute Gasteiger partial charge is 0.163 e. The van der Waals surface area contributed by atoms with Gasteiger partial charge in [0.2, 0.25) is 0 Å². The maximum atomic E-state index is 12.2. The number of fused-ring (bicyclic) bond motifs is 1. The van der Waals surface area contributed by atoms with Gasteiger partial charge >= 0.3 is 0 Å². The molecular weight excluding hydrogens is 224 g/mol. The Labute approximate surface area is 107 Å². The van der Waals surface area contributed by atoms with E-state index < -0.39 is 0 Å². The molecule has 0 amide bonds. The zero-order chi connectivity index (χ0) is 12.4. The molecule has 0 aliphatic carbocycles. The summed E-state index contributed by atoms with van der Waals surface area (Å²) < 4.78 is 5.31. The molecule has 1 heterocycles. The van der Waals surface area contributed by atoms with Crippen LogP contribution in [0.2, 0.25) is 0 Å². The van der Waals surface area contributed by atoms with E-state index in [4.69, 9.17) is 4.74 Å². The molecular formula is C16H16O2. The largest absolute Gasteiger partial charge is 0.381 e. The van der Waals surface area contributed by atoms with Crippen molar-refractivity contribution in [2.75, 3.05) is 13.2 Å². The van der Waals surface area contributed by atoms with Crippen LogP contribution in [0.25, 0.3) is 10.8 Å². The highest BCUT2D eigenvalue weighted by molar-refractivity contribution is 6.00. The summed E-state index contributed by atoms with van der Waals surface area (Å²) in [7, 11) is 0. The third-order valence-electron chi connectivity index (χ3n) is 3.57. The van der Waals surface area contributed by atoms with Crippen LogP contribution in [0.3, 0.4) is 0 Å². The lowest BCUT2D eigenvalue weighted by Crippen LogP contribution is -2.08. The van der Waals surface area contributed by atoms with Gasteiger partial charge in [-0.05, 0) is 29.2 Å². The van der Waals surface area contributed by atoms with Gasteiger partial charge in [-0.3, -0.25) is 4.79 Å². The highest BCUT2D eigenvalue weighted by atomic mass is 16.5. The summed E-state index contributed by atoms with van der Waals surface area (Å²) in [4.78, 5) is 12.2. The molecule has 18 heavy (non-hydrogen) atoms. The summed E-state index contributed by atoms with van der Waals surface area (Å²) in [6, 6.07) is 14.1. The molecule has 1 fully saturated rings. The molecule has 0 saturated carbocycles. The average molecular weight is 240 g/mol. The van der Waals surface area contributed by atoms with Crippen LogP contribution in [-0.2, 0) is 4.74 Å². The van der Waals surface area contributed by atoms with E-state index in [9.17, 15) is 4.79 Å². The van der Waals surface area contributed by atoms with Crippen LogP contribution in [0.5, 0.6) is 0 Å². The first-order valence-electron chi connectivity index (χ1n) is 6.43. The van der Waals surface area contributed by atoms with Crippen LogP contribution in [0, 0.1) is 5.92 Å². The lowest BCUT2D eigenvalue weighted by Gasteiger charge is -2.07. The first-order chi connectivity index (χ1) is 8.83. The second-order valence-corrected chi connectivity index (χ2v) is 4.92. The number of hydrogen-bond donors (Lipinski definition) is 0. The average Bonchev–Trinajstić information content (AvgIpc) is 2.91. The summed E-state index contributed by atoms with van der Waals surface area (Å²) >= 11 is 0. The quantitative estimate of drug-likeness (QED) is 0.768. The maximum absolute atomic E-state index is 12.2. The summed E-state index contributed by atoms with van der Waals surface area (Å²) in [5.74, 6) is 0.639. The number of hydrogen-bond acceptors (Lipinski definition) is 2. The van der Waals surface area contributed by atoms with Gasteiger partial charge in [0, 0.05) is 25.2 Å². The van der Waals surface area contributed by atoms with E-state index in [1.807, 2.05) is 36.4 Å². The maximum Gasteiger partial charge on any atom is 0.163 e. The van der Waals surface area contributed by atoms with Gasteiger partial charge in [-0.2, -0.15) is 0 Å². The lowest BCUT2D eigenvalue weighted by molar-refractivity contribution is 0.0953. The molecule has 2 aromatic rings. The molecule has 92 valence electrons. The number of ether oxygens (including phenoxy) is 1. The molecule has 2 nitrogen and oxygen atoms in total. The van der Waals surface area contributed by atoms with E-state index in [0.29, 0.717) is 12.3 Å². The van der Waals surface area contributed by atoms with Crippen molar-refractivity contribution in [2.45, 2.75) is 12.8 Å². The van der Waals surface area contributed by atoms with Crippen molar-refractivity contribution in [3.8, 4) is 0 Å². The predicted octanol–water partition coefficient (Wildman–Crippen LogP) is 3.45. The second-order valence-electron chi connectivity index (χ2n) is 4.92. The van der Waals surface area contributed by atoms with Crippen LogP contribution < -0.4 is 0 Å². The Bertz CT molecular complexity index is 568. The molecule has 0 aromatic heterocycles. The Morgan fingerprint density at radius 1 is 1.17 bits per heavy atom. The van der Waals surface area contributed by atoms with Gasteiger partial charge in [-0.25, -0.2) is 0 Å². The molecule has 3 rings (SSSR count). The Hall–Kier alpha value is -1.67. The topological polar surface area (TPSA) is 26.3 Å². The summed E-state index contributed by atoms with van der Waals surface area (Å²) in [5.41, 5.74) is 0.820. The molecule has 2 aromatic carbocycles. The molecule has 2 heteroatoms. The molecule has 1 unspecified atom stereocenters. The Morgan fingerprint density at radius 3 is 2.78 bits per heavy atom. The number of carbonyl (C=O) groups excluding carboxylic acids is 1. The van der Waals surface area contributed by atoms with E-state index in [2.05, 4.69) is 6.07 Å². The van der Waals surface area contributed by atoms with Gasteiger partial charge in [0.25, 0.3) is 0 Å². The first kappa shape index (κ1) is 11.4. The first-order valence-corrected chi connectivity index (χ1v) is 6.43. The van der Waals surface area contributed by atoms with Gasteiger partial charge < -0.3 is 4.74 Å². The minimum Gasteiger partial charge on any atom is -0.381 e. The van der Waals surface area contributed by atoms with E-state index in [1.165, 1.54) is 5.39 Å². The van der Waals surface area contributed by atoms with Crippen LogP contribution >= 0.6 is 0 Å². The minimum absolute atomic E-state index is 0.233. The minimum atomic E-state index is 0.233. The number of ketones is 1. The van der Waals surface area contributed by atoms with Crippen molar-refractivity contribution >= 4 is 16.6 Å². The normalized spacial score (nSPS) is 19.2. The Balaban J connectivity index is 1.82. The molecule has 1 saturated heterocycles. The zero-order valence-corrected chi connectivity index (χ0v) is 10.3. The molecule has 1 aliphatic rings. The number of rotatable bonds is 3. The molecule has 1 atom stereocenters. The number of benzene rings is 2. The lowest BCUT2D eigenvalue weighted by atomic mass is 9.96. The molecule has 0 N–H and O–H groups in total. The van der Waals surface area contributed by atoms with Gasteiger partial charge in [-0.1, -0.05) is 36.4 Å². The predicted molar refractivity (Wildman–Crippen MR) is 71.8 cm³/mol. The summed E-state index contributed by atoms with van der Waals surface area (Å²) in [5, 5.41) is 2.31. The number of Topliss-reactive ketones (excluding diaryl/α,β-unsaturated/α-hetero) is 1. The van der Waals surface area contributed by atoms with Crippen LogP contribution in [0.15, 0.2) is 42.5 Å². The van der Waals surface area contributed by atoms with Gasteiger partial charge in [0.1, 0.15) is 0 Å². The summed E-state index contributed by atoms with van der Waals surface area (Å²) in [6.45, 7) is 1.54. The van der Waals surface area contributed by atoms with Gasteiger partial charge in [0.05, 0.1) is 0 Å². The SMILES string of the molecule is O=C(CC1CCOC1)c1ccc2ccccc2c1. The Kier molecular flexibility index (Phi) is 3.11. The van der Waals surface area contributed by atoms with Gasteiger partial charge in [-0.15, -0.1) is 0 Å². The number of carbonyl (C=O) groups is 1. The highest BCUT2D eigenvalue weighted by Gasteiger charge is 2.19. The van der Waals surface area contributed by atoms with Gasteiger partial charge in [0.15, 0.2) is 5.78 Å². The van der Waals surface area contributed by atoms with Crippen LogP contribution in [0.4, 0.5) is 0 Å². The van der Waals surface area contributed by atoms with Crippen LogP contribution in [0.1, 0.15) is 23.2 Å². The summed E-state index contributed by atoms with van der Waals surface area (Å²) in [6.07, 6.45) is 1.62. The van der Waals surface area contributed by atoms with Crippen molar-refractivity contribution in [3.05, 3.63) is 48.0 Å². The van der Waals surface area contributed by atoms with Crippen molar-refractivity contribution in [3.63, 3.8) is 0 Å². The fraction of sp³-hybridized carbons (Fsp3) is 0.312. The van der Waals surface area contributed by atoms with E-state index >= 15 is 0 Å². The molecule has 0 radical (unpaired) electrons. The highest BCUT2D eigenvalue weighted by Crippen LogP contribution is 2.21. The molecule has 0 bridgehead atoms. The third-order valence-corrected chi connectivity index (χ3v) is 3.57. The van der Waals surface area contributed by atoms with Crippen molar-refractivity contribution in [1.29, 1.82) is 0 Å².